The molecule has 0 spiro atoms. The van der Waals surface area contributed by atoms with E-state index in [2.05, 4.69) is 15.4 Å². The summed E-state index contributed by atoms with van der Waals surface area (Å²) in [6.45, 7) is 5.94. The maximum atomic E-state index is 14.3. The molecule has 1 saturated heterocycles. The zero-order valence-electron chi connectivity index (χ0n) is 27.8. The number of nitrogens with one attached hydrogen (secondary N) is 2. The summed E-state index contributed by atoms with van der Waals surface area (Å²) in [4.78, 5) is 62.4. The molecule has 2 N–H and O–H groups in total. The van der Waals surface area contributed by atoms with Crippen molar-refractivity contribution in [2.75, 3.05) is 51.4 Å². The molecule has 0 unspecified atom stereocenters. The van der Waals surface area contributed by atoms with Crippen molar-refractivity contribution in [3.05, 3.63) is 49.5 Å². The van der Waals surface area contributed by atoms with E-state index in [9.17, 15) is 19.2 Å². The number of nitrogens with zero attached hydrogens (tertiary/aromatic N) is 6. The summed E-state index contributed by atoms with van der Waals surface area (Å²) in [5.41, 5.74) is 2.75. The van der Waals surface area contributed by atoms with E-state index < -0.39 is 5.91 Å². The fourth-order valence-corrected chi connectivity index (χ4v) is 8.67. The Morgan fingerprint density at radius 1 is 1.10 bits per heavy atom. The lowest BCUT2D eigenvalue weighted by Crippen LogP contribution is -2.75. The standard InChI is InChI=1S/C34H42N8O6/c1-4-23-27(39-9-11-40(12-10-39)32(46)25-28(44)20(2)15-35-31(25)47-3)29(45)26-30(38-42(37-26)22-7-13-48-14-8-22)41(23)16-24(43)36-34-17-33(18-34,19-34)21-5-6-21/h7,15,21H,4-6,8-14,16-19H2,1-3H3,(H,35,44)(H,36,43). The van der Waals surface area contributed by atoms with Crippen LogP contribution in [0, 0.1) is 18.3 Å². The van der Waals surface area contributed by atoms with Gasteiger partial charge in [-0.1, -0.05) is 6.92 Å². The summed E-state index contributed by atoms with van der Waals surface area (Å²) < 4.78 is 12.6. The largest absolute Gasteiger partial charge is 0.482 e. The highest BCUT2D eigenvalue weighted by Gasteiger charge is 2.72. The number of carbonyl (C=O) groups is 2. The van der Waals surface area contributed by atoms with Gasteiger partial charge in [-0.05, 0) is 62.9 Å². The number of hydrogen-bond donors (Lipinski definition) is 2. The Morgan fingerprint density at radius 2 is 1.85 bits per heavy atom. The Labute approximate surface area is 277 Å². The summed E-state index contributed by atoms with van der Waals surface area (Å²) in [7, 11) is 1.41. The first-order valence-corrected chi connectivity index (χ1v) is 17.1. The van der Waals surface area contributed by atoms with E-state index in [0.717, 1.165) is 30.9 Å². The molecule has 9 rings (SSSR count). The molecule has 2 amide bonds. The van der Waals surface area contributed by atoms with Crippen molar-refractivity contribution in [3.8, 4) is 5.88 Å². The highest BCUT2D eigenvalue weighted by Crippen LogP contribution is 2.75. The molecule has 4 aliphatic carbocycles. The predicted octanol–water partition coefficient (Wildman–Crippen LogP) is 1.83. The van der Waals surface area contributed by atoms with E-state index in [1.165, 1.54) is 30.9 Å². The third-order valence-corrected chi connectivity index (χ3v) is 11.2. The zero-order chi connectivity index (χ0) is 33.4. The Bertz CT molecular complexity index is 1960. The molecule has 0 radical (unpaired) electrons. The van der Waals surface area contributed by atoms with Crippen LogP contribution in [0.3, 0.4) is 0 Å². The zero-order valence-corrected chi connectivity index (χ0v) is 27.8. The molecule has 5 heterocycles. The number of H-pyrrole nitrogens is 1. The second kappa shape index (κ2) is 11.3. The van der Waals surface area contributed by atoms with Crippen molar-refractivity contribution in [2.24, 2.45) is 11.3 Å². The molecule has 0 atom stereocenters. The van der Waals surface area contributed by atoms with Crippen LogP contribution in [-0.2, 0) is 22.5 Å². The van der Waals surface area contributed by atoms with E-state index in [4.69, 9.17) is 14.6 Å². The van der Waals surface area contributed by atoms with E-state index in [-0.39, 0.29) is 45.8 Å². The van der Waals surface area contributed by atoms with Crippen molar-refractivity contribution < 1.29 is 19.1 Å². The number of anilines is 1. The second-order valence-electron chi connectivity index (χ2n) is 14.2. The molecule has 48 heavy (non-hydrogen) atoms. The van der Waals surface area contributed by atoms with Crippen LogP contribution in [0.5, 0.6) is 5.88 Å². The van der Waals surface area contributed by atoms with Gasteiger partial charge in [0.05, 0.1) is 26.0 Å². The smallest absolute Gasteiger partial charge is 0.263 e. The molecule has 3 aromatic heterocycles. The number of rotatable bonds is 9. The second-order valence-corrected chi connectivity index (χ2v) is 14.2. The summed E-state index contributed by atoms with van der Waals surface area (Å²) in [5, 5.41) is 12.8. The average Bonchev–Trinajstić information content (AvgIpc) is 3.81. The van der Waals surface area contributed by atoms with Crippen molar-refractivity contribution in [3.63, 3.8) is 0 Å². The predicted molar refractivity (Wildman–Crippen MR) is 177 cm³/mol. The number of aromatic nitrogens is 5. The van der Waals surface area contributed by atoms with Crippen molar-refractivity contribution in [1.29, 1.82) is 0 Å². The Hall–Kier alpha value is -4.46. The molecule has 6 aliphatic rings. The van der Waals surface area contributed by atoms with Crippen LogP contribution < -0.4 is 25.8 Å². The number of ether oxygens (including phenoxy) is 2. The molecule has 4 saturated carbocycles. The quantitative estimate of drug-likeness (QED) is 0.350. The maximum absolute atomic E-state index is 14.3. The molecule has 2 aliphatic heterocycles. The van der Waals surface area contributed by atoms with Gasteiger partial charge >= 0.3 is 0 Å². The van der Waals surface area contributed by atoms with Crippen LogP contribution in [0.25, 0.3) is 16.9 Å². The van der Waals surface area contributed by atoms with Crippen LogP contribution in [0.15, 0.2) is 21.9 Å². The van der Waals surface area contributed by atoms with Crippen LogP contribution in [0.4, 0.5) is 5.69 Å². The minimum Gasteiger partial charge on any atom is -0.482 e. The monoisotopic (exact) mass is 658 g/mol. The number of piperazine rings is 1. The molecular formula is C34H42N8O6. The average molecular weight is 659 g/mol. The fraction of sp³-hybridized carbons (Fsp3) is 0.588. The van der Waals surface area contributed by atoms with Gasteiger partial charge in [0.15, 0.2) is 11.2 Å². The SMILES string of the molecule is CCc1c(N2CCN(C(=O)c3c(OC)[nH]cc(C)c3=O)CC2)c(=O)c2nn(C3=CCOCC3)nc2n1CC(=O)NC12CC(C3CC3)(C1)C2. The first-order valence-electron chi connectivity index (χ1n) is 17.1. The van der Waals surface area contributed by atoms with E-state index in [1.807, 2.05) is 22.5 Å². The van der Waals surface area contributed by atoms with Gasteiger partial charge in [-0.2, -0.15) is 4.80 Å². The summed E-state index contributed by atoms with van der Waals surface area (Å²) in [5.74, 6) is 0.467. The maximum Gasteiger partial charge on any atom is 0.263 e. The third-order valence-electron chi connectivity index (χ3n) is 11.2. The van der Waals surface area contributed by atoms with Crippen LogP contribution in [0.1, 0.15) is 67.1 Å². The van der Waals surface area contributed by atoms with Crippen molar-refractivity contribution >= 4 is 34.4 Å². The first kappa shape index (κ1) is 30.8. The van der Waals surface area contributed by atoms with Crippen LogP contribution in [0.2, 0.25) is 0 Å². The molecule has 0 aromatic carbocycles. The van der Waals surface area contributed by atoms with Crippen molar-refractivity contribution in [1.82, 2.24) is 34.8 Å². The highest BCUT2D eigenvalue weighted by molar-refractivity contribution is 5.96. The summed E-state index contributed by atoms with van der Waals surface area (Å²) in [6, 6.07) is 0. The Kier molecular flexibility index (Phi) is 7.27. The van der Waals surface area contributed by atoms with Gasteiger partial charge in [0.1, 0.15) is 17.8 Å². The van der Waals surface area contributed by atoms with Gasteiger partial charge in [-0.15, -0.1) is 10.2 Å². The number of fused-ring (bicyclic) bond motifs is 1. The number of carbonyl (C=O) groups excluding carboxylic acids is 2. The van der Waals surface area contributed by atoms with E-state index in [0.29, 0.717) is 80.2 Å². The van der Waals surface area contributed by atoms with Gasteiger partial charge in [-0.25, -0.2) is 0 Å². The Morgan fingerprint density at radius 3 is 2.50 bits per heavy atom. The van der Waals surface area contributed by atoms with Gasteiger partial charge in [0.2, 0.25) is 22.6 Å². The molecule has 5 fully saturated rings. The third kappa shape index (κ3) is 4.86. The van der Waals surface area contributed by atoms with Gasteiger partial charge in [0, 0.05) is 55.6 Å². The number of amides is 2. The Balaban J connectivity index is 1.10. The number of aryl methyl sites for hydroxylation is 1. The molecule has 2 bridgehead atoms. The molecular weight excluding hydrogens is 616 g/mol. The number of pyridine rings is 2. The molecule has 254 valence electrons. The number of hydrogen-bond acceptors (Lipinski definition) is 9. The minimum absolute atomic E-state index is 0.0271. The molecule has 3 aromatic rings. The minimum atomic E-state index is -0.415. The van der Waals surface area contributed by atoms with Crippen LogP contribution in [-0.4, -0.2) is 93.3 Å². The number of methoxy groups -OCH3 is 1. The van der Waals surface area contributed by atoms with Gasteiger partial charge < -0.3 is 34.1 Å². The van der Waals surface area contributed by atoms with E-state index >= 15 is 0 Å². The normalized spacial score (nSPS) is 24.9. The summed E-state index contributed by atoms with van der Waals surface area (Å²) in [6.07, 6.45) is 10.4. The topological polar surface area (TPSA) is 157 Å². The van der Waals surface area contributed by atoms with Gasteiger partial charge in [-0.3, -0.25) is 19.2 Å². The van der Waals surface area contributed by atoms with Gasteiger partial charge in [0.25, 0.3) is 5.91 Å². The fourth-order valence-electron chi connectivity index (χ4n) is 8.67. The van der Waals surface area contributed by atoms with Crippen molar-refractivity contribution in [2.45, 2.75) is 70.9 Å². The van der Waals surface area contributed by atoms with E-state index in [1.54, 1.807) is 11.8 Å². The van der Waals surface area contributed by atoms with Crippen LogP contribution >= 0.6 is 0 Å². The lowest BCUT2D eigenvalue weighted by atomic mass is 9.37. The molecule has 14 heteroatoms. The lowest BCUT2D eigenvalue weighted by Gasteiger charge is -2.71. The summed E-state index contributed by atoms with van der Waals surface area (Å²) >= 11 is 0. The highest BCUT2D eigenvalue weighted by atomic mass is 16.5. The first-order chi connectivity index (χ1) is 23.2. The number of aromatic amines is 1. The lowest BCUT2D eigenvalue weighted by molar-refractivity contribution is -0.176. The molecule has 14 nitrogen and oxygen atoms in total.